The van der Waals surface area contributed by atoms with Crippen LogP contribution in [0.3, 0.4) is 0 Å². The van der Waals surface area contributed by atoms with E-state index in [4.69, 9.17) is 0 Å². The molecule has 0 fully saturated rings. The number of hydrogen-bond acceptors (Lipinski definition) is 7. The molecule has 0 spiro atoms. The van der Waals surface area contributed by atoms with Crippen LogP contribution in [0.5, 0.6) is 0 Å². The van der Waals surface area contributed by atoms with E-state index in [-0.39, 0.29) is 29.6 Å². The van der Waals surface area contributed by atoms with Gasteiger partial charge >= 0.3 is 34.6 Å². The summed E-state index contributed by atoms with van der Waals surface area (Å²) in [7, 11) is -5.83. The van der Waals surface area contributed by atoms with Gasteiger partial charge in [0.1, 0.15) is 15.4 Å². The number of benzene rings is 1. The fourth-order valence-electron chi connectivity index (χ4n) is 1.26. The fourth-order valence-corrected chi connectivity index (χ4v) is 2.05. The minimum absolute atomic E-state index is 0. The van der Waals surface area contributed by atoms with Gasteiger partial charge in [-0.05, 0) is 12.1 Å². The molecule has 0 saturated heterocycles. The van der Waals surface area contributed by atoms with Crippen molar-refractivity contribution in [1.29, 1.82) is 0 Å². The van der Waals surface area contributed by atoms with Crippen molar-refractivity contribution >= 4 is 10.1 Å². The molecule has 0 saturated carbocycles. The van der Waals surface area contributed by atoms with Crippen LogP contribution in [-0.2, 0) is 15.1 Å². The fraction of sp³-hybridized carbons (Fsp3) is 0.143. The molecule has 92 valence electrons. The standard InChI is InChI=1S/C7H6N2O7S.Na/c10-8(11)7(9(12)13,17(14,15)16)6-4-2-1-3-5-6;/h1-5H,(H,14,15,16);/q;+1/p-1. The summed E-state index contributed by atoms with van der Waals surface area (Å²) < 4.78 is 32.7. The third-order valence-electron chi connectivity index (χ3n) is 1.99. The van der Waals surface area contributed by atoms with Crippen LogP contribution in [0.25, 0.3) is 0 Å². The molecule has 0 aliphatic heterocycles. The summed E-state index contributed by atoms with van der Waals surface area (Å²) in [6.45, 7) is 0. The maximum Gasteiger partial charge on any atom is 1.00 e. The zero-order valence-corrected chi connectivity index (χ0v) is 11.9. The Bertz CT molecular complexity index is 544. The summed E-state index contributed by atoms with van der Waals surface area (Å²) in [5.41, 5.74) is -0.815. The van der Waals surface area contributed by atoms with E-state index in [1.54, 1.807) is 0 Å². The van der Waals surface area contributed by atoms with Gasteiger partial charge in [0.05, 0.1) is 0 Å². The quantitative estimate of drug-likeness (QED) is 0.187. The van der Waals surface area contributed by atoms with Crippen molar-refractivity contribution in [2.75, 3.05) is 0 Å². The largest absolute Gasteiger partial charge is 1.00 e. The topological polar surface area (TPSA) is 143 Å². The monoisotopic (exact) mass is 284 g/mol. The number of rotatable bonds is 4. The molecule has 11 heteroatoms. The van der Waals surface area contributed by atoms with Gasteiger partial charge < -0.3 is 4.55 Å². The second-order valence-electron chi connectivity index (χ2n) is 2.94. The third kappa shape index (κ3) is 2.52. The summed E-state index contributed by atoms with van der Waals surface area (Å²) in [5.74, 6) is 0. The maximum absolute atomic E-state index is 10.9. The molecular weight excluding hydrogens is 279 g/mol. The molecule has 1 aromatic carbocycles. The van der Waals surface area contributed by atoms with Crippen molar-refractivity contribution in [3.05, 3.63) is 56.1 Å². The first kappa shape index (κ1) is 16.9. The Kier molecular flexibility index (Phi) is 5.37. The van der Waals surface area contributed by atoms with Crippen LogP contribution >= 0.6 is 0 Å². The average Bonchev–Trinajstić information content (AvgIpc) is 2.16. The van der Waals surface area contributed by atoms with Crippen molar-refractivity contribution < 1.29 is 52.4 Å². The van der Waals surface area contributed by atoms with E-state index in [0.29, 0.717) is 0 Å². The first-order chi connectivity index (χ1) is 7.74. The van der Waals surface area contributed by atoms with E-state index in [0.717, 1.165) is 24.3 Å². The number of nitro groups is 2. The molecule has 0 heterocycles. The van der Waals surface area contributed by atoms with E-state index in [2.05, 4.69) is 0 Å². The normalized spacial score (nSPS) is 11.4. The van der Waals surface area contributed by atoms with Crippen LogP contribution in [0, 0.1) is 20.2 Å². The van der Waals surface area contributed by atoms with Gasteiger partial charge in [-0.1, -0.05) is 18.2 Å². The number of nitrogens with zero attached hydrogens (tertiary/aromatic N) is 2. The van der Waals surface area contributed by atoms with Gasteiger partial charge in [-0.3, -0.25) is 20.2 Å². The van der Waals surface area contributed by atoms with Crippen LogP contribution in [-0.4, -0.2) is 22.8 Å². The second kappa shape index (κ2) is 5.71. The smallest absolute Gasteiger partial charge is 0.737 e. The predicted octanol–water partition coefficient (Wildman–Crippen LogP) is -3.10. The van der Waals surface area contributed by atoms with Gasteiger partial charge in [-0.25, -0.2) is 8.42 Å². The SMILES string of the molecule is O=[N+]([O-])C(c1ccccc1)([N+](=O)[O-])S(=O)(=O)[O-].[Na+]. The summed E-state index contributed by atoms with van der Waals surface area (Å²) in [5, 5.41) is 21.4. The summed E-state index contributed by atoms with van der Waals surface area (Å²) in [6, 6.07) is 5.35. The molecule has 0 bridgehead atoms. The van der Waals surface area contributed by atoms with Crippen LogP contribution in [0.1, 0.15) is 5.56 Å². The van der Waals surface area contributed by atoms with E-state index in [9.17, 15) is 33.2 Å². The molecule has 0 radical (unpaired) electrons. The van der Waals surface area contributed by atoms with Crippen molar-refractivity contribution in [1.82, 2.24) is 0 Å². The predicted molar refractivity (Wildman–Crippen MR) is 51.8 cm³/mol. The van der Waals surface area contributed by atoms with Gasteiger partial charge in [-0.2, -0.15) is 0 Å². The van der Waals surface area contributed by atoms with Crippen LogP contribution in [0.15, 0.2) is 30.3 Å². The molecule has 0 N–H and O–H groups in total. The first-order valence-corrected chi connectivity index (χ1v) is 5.45. The summed E-state index contributed by atoms with van der Waals surface area (Å²) in [6.07, 6.45) is 0. The van der Waals surface area contributed by atoms with Gasteiger partial charge in [0.2, 0.25) is 10.1 Å². The Balaban J connectivity index is 0.00000289. The molecular formula is C7H5N2NaO7S. The third-order valence-corrected chi connectivity index (χ3v) is 3.22. The minimum Gasteiger partial charge on any atom is -0.737 e. The molecule has 1 aromatic rings. The summed E-state index contributed by atoms with van der Waals surface area (Å²) in [4.78, 5) is 14.0. The van der Waals surface area contributed by atoms with Crippen LogP contribution in [0.2, 0.25) is 0 Å². The Morgan fingerprint density at radius 1 is 1.00 bits per heavy atom. The molecule has 9 nitrogen and oxygen atoms in total. The van der Waals surface area contributed by atoms with Gasteiger partial charge in [-0.15, -0.1) is 0 Å². The van der Waals surface area contributed by atoms with Gasteiger partial charge in [0.25, 0.3) is 0 Å². The molecule has 0 aromatic heterocycles. The van der Waals surface area contributed by atoms with Crippen molar-refractivity contribution in [2.45, 2.75) is 4.99 Å². The van der Waals surface area contributed by atoms with Crippen molar-refractivity contribution in [3.63, 3.8) is 0 Å². The second-order valence-corrected chi connectivity index (χ2v) is 4.42. The average molecular weight is 284 g/mol. The molecule has 1 rings (SSSR count). The van der Waals surface area contributed by atoms with Gasteiger partial charge in [0, 0.05) is 0 Å². The molecule has 0 aliphatic carbocycles. The zero-order valence-electron chi connectivity index (χ0n) is 9.05. The molecule has 18 heavy (non-hydrogen) atoms. The molecule has 0 aliphatic rings. The first-order valence-electron chi connectivity index (χ1n) is 4.04. The van der Waals surface area contributed by atoms with Crippen molar-refractivity contribution in [3.8, 4) is 0 Å². The zero-order chi connectivity index (χ0) is 13.3. The van der Waals surface area contributed by atoms with E-state index < -0.39 is 30.5 Å². The van der Waals surface area contributed by atoms with Gasteiger partial charge in [0.15, 0.2) is 0 Å². The van der Waals surface area contributed by atoms with Crippen molar-refractivity contribution in [2.24, 2.45) is 0 Å². The molecule has 0 amide bonds. The maximum atomic E-state index is 10.9. The molecule has 0 atom stereocenters. The summed E-state index contributed by atoms with van der Waals surface area (Å²) >= 11 is 0. The van der Waals surface area contributed by atoms with E-state index in [1.807, 2.05) is 0 Å². The van der Waals surface area contributed by atoms with Crippen LogP contribution in [0.4, 0.5) is 0 Å². The Labute approximate surface area is 123 Å². The van der Waals surface area contributed by atoms with Crippen LogP contribution < -0.4 is 29.6 Å². The minimum atomic E-state index is -5.83. The Morgan fingerprint density at radius 2 is 1.39 bits per heavy atom. The number of hydrogen-bond donors (Lipinski definition) is 0. The van der Waals surface area contributed by atoms with E-state index >= 15 is 0 Å². The Hall–Kier alpha value is -1.07. The van der Waals surface area contributed by atoms with E-state index in [1.165, 1.54) is 6.07 Å². The Morgan fingerprint density at radius 3 is 1.67 bits per heavy atom. The molecule has 0 unspecified atom stereocenters.